The summed E-state index contributed by atoms with van der Waals surface area (Å²) < 4.78 is 32.4. The summed E-state index contributed by atoms with van der Waals surface area (Å²) in [6.45, 7) is 1.40. The summed E-state index contributed by atoms with van der Waals surface area (Å²) >= 11 is 0. The Morgan fingerprint density at radius 3 is 2.42 bits per heavy atom. The summed E-state index contributed by atoms with van der Waals surface area (Å²) in [5, 5.41) is 6.82. The number of carbonyl (C=O) groups excluding carboxylic acids is 2. The van der Waals surface area contributed by atoms with Gasteiger partial charge in [0.1, 0.15) is 0 Å². The number of fused-ring (bicyclic) bond motifs is 1. The third-order valence-corrected chi connectivity index (χ3v) is 7.58. The van der Waals surface area contributed by atoms with Crippen LogP contribution in [0.15, 0.2) is 53.7 Å². The molecule has 4 rings (SSSR count). The highest BCUT2D eigenvalue weighted by Gasteiger charge is 2.28. The first-order valence-electron chi connectivity index (χ1n) is 10.7. The minimum Gasteiger partial charge on any atom is -0.469 e. The molecule has 1 aliphatic rings. The highest BCUT2D eigenvalue weighted by atomic mass is 32.2. The molecule has 2 heterocycles. The standard InChI is InChI=1S/C23H26N4O5S/c1-15(28)25-20-14-24-22-19(12-13-27(22)33(30,31)18-6-4-3-5-7-18)21(20)26-17-10-8-16(9-11-17)23(29)32-2/h3-7,12-14,16-17H,8-11H2,1-2H3,(H,24,26)(H,25,28). The monoisotopic (exact) mass is 470 g/mol. The maximum atomic E-state index is 13.2. The molecular weight excluding hydrogens is 444 g/mol. The second-order valence-corrected chi connectivity index (χ2v) is 9.93. The summed E-state index contributed by atoms with van der Waals surface area (Å²) in [7, 11) is -2.44. The quantitative estimate of drug-likeness (QED) is 0.530. The Labute approximate surface area is 192 Å². The van der Waals surface area contributed by atoms with Gasteiger partial charge in [0.2, 0.25) is 5.91 Å². The Kier molecular flexibility index (Phi) is 6.37. The van der Waals surface area contributed by atoms with E-state index in [1.165, 1.54) is 38.6 Å². The van der Waals surface area contributed by atoms with Crippen LogP contribution in [0.5, 0.6) is 0 Å². The first-order chi connectivity index (χ1) is 15.8. The molecule has 10 heteroatoms. The van der Waals surface area contributed by atoms with Crippen LogP contribution in [0.25, 0.3) is 11.0 Å². The van der Waals surface area contributed by atoms with Gasteiger partial charge in [-0.25, -0.2) is 17.4 Å². The molecular formula is C23H26N4O5S. The third-order valence-electron chi connectivity index (χ3n) is 5.90. The second kappa shape index (κ2) is 9.22. The highest BCUT2D eigenvalue weighted by Crippen LogP contribution is 2.35. The fourth-order valence-corrected chi connectivity index (χ4v) is 5.57. The van der Waals surface area contributed by atoms with Gasteiger partial charge in [0.05, 0.1) is 35.5 Å². The van der Waals surface area contributed by atoms with Crippen LogP contribution in [-0.4, -0.2) is 42.4 Å². The van der Waals surface area contributed by atoms with Crippen molar-refractivity contribution in [3.63, 3.8) is 0 Å². The first kappa shape index (κ1) is 22.8. The minimum absolute atomic E-state index is 0.0538. The van der Waals surface area contributed by atoms with E-state index in [-0.39, 0.29) is 34.4 Å². The van der Waals surface area contributed by atoms with Gasteiger partial charge in [-0.3, -0.25) is 9.59 Å². The number of anilines is 2. The number of benzene rings is 1. The molecule has 9 nitrogen and oxygen atoms in total. The Hall–Kier alpha value is -3.40. The number of esters is 1. The lowest BCUT2D eigenvalue weighted by Crippen LogP contribution is -2.30. The molecule has 174 valence electrons. The summed E-state index contributed by atoms with van der Waals surface area (Å²) in [6, 6.07) is 9.88. The number of pyridine rings is 1. The molecule has 1 fully saturated rings. The van der Waals surface area contributed by atoms with Crippen LogP contribution in [0, 0.1) is 5.92 Å². The van der Waals surface area contributed by atoms with E-state index in [4.69, 9.17) is 4.74 Å². The number of rotatable bonds is 6. The first-order valence-corrected chi connectivity index (χ1v) is 12.2. The van der Waals surface area contributed by atoms with Crippen LogP contribution in [0.3, 0.4) is 0 Å². The van der Waals surface area contributed by atoms with Crippen molar-refractivity contribution in [1.82, 2.24) is 8.96 Å². The number of nitrogens with zero attached hydrogens (tertiary/aromatic N) is 2. The predicted molar refractivity (Wildman–Crippen MR) is 124 cm³/mol. The number of hydrogen-bond donors (Lipinski definition) is 2. The summed E-state index contributed by atoms with van der Waals surface area (Å²) in [5.41, 5.74) is 1.34. The molecule has 0 radical (unpaired) electrons. The predicted octanol–water partition coefficient (Wildman–Crippen LogP) is 3.38. The Morgan fingerprint density at radius 2 is 1.79 bits per heavy atom. The number of methoxy groups -OCH3 is 1. The molecule has 0 bridgehead atoms. The van der Waals surface area contributed by atoms with Gasteiger partial charge in [-0.15, -0.1) is 0 Å². The molecule has 0 unspecified atom stereocenters. The third kappa shape index (κ3) is 4.56. The van der Waals surface area contributed by atoms with E-state index in [1.54, 1.807) is 24.3 Å². The summed E-state index contributed by atoms with van der Waals surface area (Å²) in [5.74, 6) is -0.566. The zero-order valence-electron chi connectivity index (χ0n) is 18.4. The van der Waals surface area contributed by atoms with Crippen molar-refractivity contribution in [1.29, 1.82) is 0 Å². The van der Waals surface area contributed by atoms with Crippen molar-refractivity contribution in [2.75, 3.05) is 17.7 Å². The number of hydrogen-bond acceptors (Lipinski definition) is 7. The van der Waals surface area contributed by atoms with Crippen LogP contribution in [0.2, 0.25) is 0 Å². The maximum Gasteiger partial charge on any atom is 0.308 e. The lowest BCUT2D eigenvalue weighted by Gasteiger charge is -2.29. The number of amides is 1. The lowest BCUT2D eigenvalue weighted by atomic mass is 9.86. The smallest absolute Gasteiger partial charge is 0.308 e. The normalized spacial score (nSPS) is 18.6. The molecule has 0 atom stereocenters. The SMILES string of the molecule is COC(=O)C1CCC(Nc2c(NC(C)=O)cnc3c2ccn3S(=O)(=O)c2ccccc2)CC1. The molecule has 2 N–H and O–H groups in total. The van der Waals surface area contributed by atoms with E-state index >= 15 is 0 Å². The van der Waals surface area contributed by atoms with E-state index in [2.05, 4.69) is 15.6 Å². The second-order valence-electron chi connectivity index (χ2n) is 8.11. The van der Waals surface area contributed by atoms with Crippen LogP contribution >= 0.6 is 0 Å². The van der Waals surface area contributed by atoms with E-state index in [9.17, 15) is 18.0 Å². The largest absolute Gasteiger partial charge is 0.469 e. The summed E-state index contributed by atoms with van der Waals surface area (Å²) in [4.78, 5) is 28.1. The van der Waals surface area contributed by atoms with E-state index in [0.29, 0.717) is 29.6 Å². The molecule has 2 aromatic heterocycles. The van der Waals surface area contributed by atoms with Gasteiger partial charge in [0, 0.05) is 24.5 Å². The number of nitrogens with one attached hydrogen (secondary N) is 2. The number of ether oxygens (including phenoxy) is 1. The average Bonchev–Trinajstić information content (AvgIpc) is 3.26. The maximum absolute atomic E-state index is 13.2. The van der Waals surface area contributed by atoms with Gasteiger partial charge in [0.25, 0.3) is 10.0 Å². The van der Waals surface area contributed by atoms with Crippen LogP contribution in [0.1, 0.15) is 32.6 Å². The van der Waals surface area contributed by atoms with Crippen molar-refractivity contribution in [3.05, 3.63) is 48.8 Å². The zero-order valence-corrected chi connectivity index (χ0v) is 19.3. The van der Waals surface area contributed by atoms with Gasteiger partial charge in [0.15, 0.2) is 5.65 Å². The minimum atomic E-state index is -3.84. The highest BCUT2D eigenvalue weighted by molar-refractivity contribution is 7.90. The Balaban J connectivity index is 1.70. The van der Waals surface area contributed by atoms with Crippen molar-refractivity contribution in [2.24, 2.45) is 5.92 Å². The molecule has 0 saturated heterocycles. The molecule has 0 spiro atoms. The van der Waals surface area contributed by atoms with Gasteiger partial charge in [-0.1, -0.05) is 18.2 Å². The van der Waals surface area contributed by atoms with E-state index < -0.39 is 10.0 Å². The number of aromatic nitrogens is 2. The number of carbonyl (C=O) groups is 2. The van der Waals surface area contributed by atoms with Crippen molar-refractivity contribution >= 4 is 44.3 Å². The molecule has 3 aromatic rings. The van der Waals surface area contributed by atoms with Crippen molar-refractivity contribution in [3.8, 4) is 0 Å². The van der Waals surface area contributed by atoms with Gasteiger partial charge in [-0.2, -0.15) is 0 Å². The fraction of sp³-hybridized carbons (Fsp3) is 0.348. The Morgan fingerprint density at radius 1 is 1.09 bits per heavy atom. The lowest BCUT2D eigenvalue weighted by molar-refractivity contribution is -0.146. The van der Waals surface area contributed by atoms with Gasteiger partial charge >= 0.3 is 5.97 Å². The topological polar surface area (TPSA) is 119 Å². The Bertz CT molecular complexity index is 1280. The fourth-order valence-electron chi connectivity index (χ4n) is 4.25. The molecule has 1 aliphatic carbocycles. The van der Waals surface area contributed by atoms with Crippen molar-refractivity contribution in [2.45, 2.75) is 43.5 Å². The van der Waals surface area contributed by atoms with E-state index in [1.807, 2.05) is 0 Å². The molecule has 0 aliphatic heterocycles. The van der Waals surface area contributed by atoms with Crippen LogP contribution in [-0.2, 0) is 24.3 Å². The average molecular weight is 471 g/mol. The van der Waals surface area contributed by atoms with Gasteiger partial charge in [-0.05, 0) is 43.9 Å². The van der Waals surface area contributed by atoms with Crippen LogP contribution in [0.4, 0.5) is 11.4 Å². The van der Waals surface area contributed by atoms with Gasteiger partial charge < -0.3 is 15.4 Å². The van der Waals surface area contributed by atoms with E-state index in [0.717, 1.165) is 16.8 Å². The zero-order chi connectivity index (χ0) is 23.6. The molecule has 1 amide bonds. The van der Waals surface area contributed by atoms with Crippen molar-refractivity contribution < 1.29 is 22.7 Å². The molecule has 1 saturated carbocycles. The van der Waals surface area contributed by atoms with Crippen LogP contribution < -0.4 is 10.6 Å². The molecule has 1 aromatic carbocycles. The molecule has 33 heavy (non-hydrogen) atoms. The summed E-state index contributed by atoms with van der Waals surface area (Å²) in [6.07, 6.45) is 5.80.